The highest BCUT2D eigenvalue weighted by Crippen LogP contribution is 2.33. The average molecular weight is 323 g/mol. The van der Waals surface area contributed by atoms with Crippen LogP contribution in [0.2, 0.25) is 0 Å². The Kier molecular flexibility index (Phi) is 3.99. The highest BCUT2D eigenvalue weighted by molar-refractivity contribution is 5.93. The largest absolute Gasteiger partial charge is 0.310 e. The molecule has 0 aliphatic rings. The number of benzene rings is 3. The lowest BCUT2D eigenvalue weighted by atomic mass is 10.0. The number of aryl methyl sites for hydroxylation is 1. The Morgan fingerprint density at radius 3 is 2.12 bits per heavy atom. The van der Waals surface area contributed by atoms with E-state index in [0.29, 0.717) is 0 Å². The summed E-state index contributed by atoms with van der Waals surface area (Å²) in [6.07, 6.45) is 4.31. The number of allylic oxidation sites excluding steroid dienone is 1. The topological polar surface area (TPSA) is 4.93 Å². The van der Waals surface area contributed by atoms with Crippen molar-refractivity contribution < 1.29 is 0 Å². The zero-order valence-electron chi connectivity index (χ0n) is 14.6. The fourth-order valence-electron chi connectivity index (χ4n) is 3.49. The van der Waals surface area contributed by atoms with Gasteiger partial charge in [0.15, 0.2) is 0 Å². The van der Waals surface area contributed by atoms with Crippen molar-refractivity contribution in [3.05, 3.63) is 96.2 Å². The Morgan fingerprint density at radius 1 is 0.760 bits per heavy atom. The Balaban J connectivity index is 2.00. The van der Waals surface area contributed by atoms with Crippen molar-refractivity contribution in [3.8, 4) is 16.8 Å². The number of hydrogen-bond acceptors (Lipinski definition) is 0. The van der Waals surface area contributed by atoms with E-state index in [0.717, 1.165) is 0 Å². The Hall–Kier alpha value is -3.06. The summed E-state index contributed by atoms with van der Waals surface area (Å²) in [7, 11) is 0. The maximum atomic E-state index is 2.35. The molecular formula is C24H21N. The molecule has 0 atom stereocenters. The minimum absolute atomic E-state index is 1.20. The van der Waals surface area contributed by atoms with E-state index in [1.54, 1.807) is 0 Å². The lowest BCUT2D eigenvalue weighted by Gasteiger charge is -2.09. The number of para-hydroxylation sites is 1. The normalized spacial score (nSPS) is 11.4. The molecule has 122 valence electrons. The van der Waals surface area contributed by atoms with Gasteiger partial charge in [-0.2, -0.15) is 0 Å². The van der Waals surface area contributed by atoms with Crippen LogP contribution in [0.5, 0.6) is 0 Å². The first-order valence-corrected chi connectivity index (χ1v) is 8.68. The van der Waals surface area contributed by atoms with Gasteiger partial charge < -0.3 is 4.57 Å². The second-order valence-corrected chi connectivity index (χ2v) is 6.28. The lowest BCUT2D eigenvalue weighted by molar-refractivity contribution is 1.10. The molecule has 1 aromatic heterocycles. The second kappa shape index (κ2) is 6.45. The highest BCUT2D eigenvalue weighted by atomic mass is 15.0. The maximum Gasteiger partial charge on any atom is 0.0537 e. The summed E-state index contributed by atoms with van der Waals surface area (Å²) in [5.74, 6) is 0. The molecule has 0 amide bonds. The minimum atomic E-state index is 1.20. The van der Waals surface area contributed by atoms with Crippen LogP contribution in [-0.4, -0.2) is 4.57 Å². The van der Waals surface area contributed by atoms with E-state index in [4.69, 9.17) is 0 Å². The molecule has 1 heterocycles. The van der Waals surface area contributed by atoms with Crippen molar-refractivity contribution in [2.24, 2.45) is 0 Å². The summed E-state index contributed by atoms with van der Waals surface area (Å²) in [5, 5.41) is 1.30. The van der Waals surface area contributed by atoms with E-state index in [9.17, 15) is 0 Å². The van der Waals surface area contributed by atoms with E-state index in [-0.39, 0.29) is 0 Å². The molecular weight excluding hydrogens is 302 g/mol. The Labute approximate surface area is 148 Å². The van der Waals surface area contributed by atoms with Crippen LogP contribution in [0.3, 0.4) is 0 Å². The molecule has 1 nitrogen and oxygen atoms in total. The van der Waals surface area contributed by atoms with Gasteiger partial charge in [-0.05, 0) is 60.9 Å². The predicted octanol–water partition coefficient (Wildman–Crippen LogP) is 6.64. The van der Waals surface area contributed by atoms with Gasteiger partial charge in [-0.25, -0.2) is 0 Å². The van der Waals surface area contributed by atoms with E-state index >= 15 is 0 Å². The fraction of sp³-hybridized carbons (Fsp3) is 0.0833. The quantitative estimate of drug-likeness (QED) is 0.398. The molecule has 0 saturated heterocycles. The van der Waals surface area contributed by atoms with Gasteiger partial charge in [0.05, 0.1) is 5.52 Å². The van der Waals surface area contributed by atoms with Crippen LogP contribution in [-0.2, 0) is 0 Å². The third-order valence-electron chi connectivity index (χ3n) is 4.71. The van der Waals surface area contributed by atoms with Crippen LogP contribution in [0.25, 0.3) is 33.8 Å². The number of nitrogens with zero attached hydrogens (tertiary/aromatic N) is 1. The smallest absolute Gasteiger partial charge is 0.0537 e. The molecule has 25 heavy (non-hydrogen) atoms. The molecule has 1 heteroatoms. The Morgan fingerprint density at radius 2 is 1.44 bits per heavy atom. The lowest BCUT2D eigenvalue weighted by Crippen LogP contribution is -1.96. The van der Waals surface area contributed by atoms with E-state index in [1.165, 1.54) is 39.0 Å². The summed E-state index contributed by atoms with van der Waals surface area (Å²) in [6, 6.07) is 27.9. The van der Waals surface area contributed by atoms with Crippen LogP contribution in [0.4, 0.5) is 0 Å². The molecule has 0 bridgehead atoms. The van der Waals surface area contributed by atoms with Crippen LogP contribution in [0, 0.1) is 6.92 Å². The van der Waals surface area contributed by atoms with Crippen LogP contribution in [0.1, 0.15) is 18.2 Å². The molecule has 0 aliphatic carbocycles. The standard InChI is InChI=1S/C24H21N/c1-3-10-23-18(2)22-17-20(19-11-6-4-7-12-19)15-16-24(22)25(23)21-13-8-5-9-14-21/h3-17H,1-2H3/b10-3-. The van der Waals surface area contributed by atoms with Gasteiger partial charge >= 0.3 is 0 Å². The van der Waals surface area contributed by atoms with Crippen LogP contribution >= 0.6 is 0 Å². The van der Waals surface area contributed by atoms with Crippen molar-refractivity contribution >= 4 is 17.0 Å². The Bertz CT molecular complexity index is 1040. The molecule has 0 radical (unpaired) electrons. The first-order valence-electron chi connectivity index (χ1n) is 8.68. The third-order valence-corrected chi connectivity index (χ3v) is 4.71. The van der Waals surface area contributed by atoms with Gasteiger partial charge in [0, 0.05) is 16.8 Å². The maximum absolute atomic E-state index is 2.35. The monoisotopic (exact) mass is 323 g/mol. The summed E-state index contributed by atoms with van der Waals surface area (Å²) in [6.45, 7) is 4.29. The van der Waals surface area contributed by atoms with Crippen LogP contribution in [0.15, 0.2) is 84.9 Å². The average Bonchev–Trinajstić information content (AvgIpc) is 2.95. The molecule has 0 aliphatic heterocycles. The summed E-state index contributed by atoms with van der Waals surface area (Å²) in [5.41, 5.74) is 7.51. The van der Waals surface area contributed by atoms with Gasteiger partial charge in [0.2, 0.25) is 0 Å². The van der Waals surface area contributed by atoms with Crippen molar-refractivity contribution in [1.82, 2.24) is 4.57 Å². The number of aromatic nitrogens is 1. The second-order valence-electron chi connectivity index (χ2n) is 6.28. The van der Waals surface area contributed by atoms with Crippen molar-refractivity contribution in [3.63, 3.8) is 0 Å². The van der Waals surface area contributed by atoms with Gasteiger partial charge in [0.1, 0.15) is 0 Å². The molecule has 0 saturated carbocycles. The predicted molar refractivity (Wildman–Crippen MR) is 108 cm³/mol. The SMILES string of the molecule is C/C=C\c1c(C)c2cc(-c3ccccc3)ccc2n1-c1ccccc1. The molecule has 4 aromatic rings. The molecule has 0 unspecified atom stereocenters. The van der Waals surface area contributed by atoms with Crippen molar-refractivity contribution in [2.75, 3.05) is 0 Å². The zero-order valence-corrected chi connectivity index (χ0v) is 14.6. The molecule has 4 rings (SSSR count). The first kappa shape index (κ1) is 15.5. The number of fused-ring (bicyclic) bond motifs is 1. The van der Waals surface area contributed by atoms with Crippen molar-refractivity contribution in [2.45, 2.75) is 13.8 Å². The van der Waals surface area contributed by atoms with Crippen molar-refractivity contribution in [1.29, 1.82) is 0 Å². The fourth-order valence-corrected chi connectivity index (χ4v) is 3.49. The first-order chi connectivity index (χ1) is 12.3. The van der Waals surface area contributed by atoms with E-state index < -0.39 is 0 Å². The highest BCUT2D eigenvalue weighted by Gasteiger charge is 2.14. The van der Waals surface area contributed by atoms with Gasteiger partial charge in [-0.15, -0.1) is 0 Å². The summed E-state index contributed by atoms with van der Waals surface area (Å²) < 4.78 is 2.35. The number of rotatable bonds is 3. The van der Waals surface area contributed by atoms with E-state index in [1.807, 2.05) is 0 Å². The van der Waals surface area contributed by atoms with Crippen LogP contribution < -0.4 is 0 Å². The zero-order chi connectivity index (χ0) is 17.2. The third kappa shape index (κ3) is 2.68. The molecule has 0 spiro atoms. The molecule has 0 N–H and O–H groups in total. The summed E-state index contributed by atoms with van der Waals surface area (Å²) >= 11 is 0. The molecule has 0 fully saturated rings. The van der Waals surface area contributed by atoms with Gasteiger partial charge in [0.25, 0.3) is 0 Å². The van der Waals surface area contributed by atoms with Gasteiger partial charge in [-0.3, -0.25) is 0 Å². The van der Waals surface area contributed by atoms with E-state index in [2.05, 4.69) is 109 Å². The summed E-state index contributed by atoms with van der Waals surface area (Å²) in [4.78, 5) is 0. The molecule has 3 aromatic carbocycles. The van der Waals surface area contributed by atoms with Gasteiger partial charge in [-0.1, -0.05) is 60.7 Å². The number of hydrogen-bond donors (Lipinski definition) is 0. The minimum Gasteiger partial charge on any atom is -0.310 e.